The summed E-state index contributed by atoms with van der Waals surface area (Å²) >= 11 is 3.76. The Balaban J connectivity index is 1.15. The summed E-state index contributed by atoms with van der Waals surface area (Å²) < 4.78 is 5.32. The summed E-state index contributed by atoms with van der Waals surface area (Å²) in [6, 6.07) is 63.4. The van der Waals surface area contributed by atoms with Crippen molar-refractivity contribution >= 4 is 95.3 Å². The lowest BCUT2D eigenvalue weighted by Crippen LogP contribution is -1.88. The van der Waals surface area contributed by atoms with Gasteiger partial charge in [-0.05, 0) is 114 Å². The van der Waals surface area contributed by atoms with Gasteiger partial charge in [0.15, 0.2) is 0 Å². The topological polar surface area (TPSA) is 0 Å². The fourth-order valence-corrected chi connectivity index (χ4v) is 10.3. The van der Waals surface area contributed by atoms with Crippen molar-refractivity contribution in [2.75, 3.05) is 0 Å². The normalized spacial score (nSPS) is 12.0. The van der Waals surface area contributed by atoms with Crippen molar-refractivity contribution in [3.63, 3.8) is 0 Å². The van der Waals surface area contributed by atoms with E-state index in [4.69, 9.17) is 0 Å². The van der Waals surface area contributed by atoms with Crippen LogP contribution in [0.25, 0.3) is 106 Å². The predicted octanol–water partition coefficient (Wildman–Crippen LogP) is 14.9. The molecule has 0 aliphatic carbocycles. The summed E-state index contributed by atoms with van der Waals surface area (Å²) in [5.41, 5.74) is 7.41. The lowest BCUT2D eigenvalue weighted by atomic mass is 9.90. The van der Waals surface area contributed by atoms with Crippen LogP contribution in [0, 0.1) is 0 Å². The molecule has 11 rings (SSSR count). The molecular weight excluding hydrogens is 641 g/mol. The van der Waals surface area contributed by atoms with Crippen LogP contribution in [0.4, 0.5) is 0 Å². The quantitative estimate of drug-likeness (QED) is 0.164. The molecule has 0 radical (unpaired) electrons. The Morgan fingerprint density at radius 3 is 0.980 bits per heavy atom. The fraction of sp³-hybridized carbons (Fsp3) is 0. The van der Waals surface area contributed by atoms with Crippen LogP contribution < -0.4 is 0 Å². The molecule has 0 saturated heterocycles. The van der Waals surface area contributed by atoms with Crippen LogP contribution in [-0.2, 0) is 0 Å². The number of rotatable bonds is 3. The van der Waals surface area contributed by atoms with Gasteiger partial charge < -0.3 is 0 Å². The van der Waals surface area contributed by atoms with Gasteiger partial charge in [0.1, 0.15) is 0 Å². The molecule has 0 nitrogen and oxygen atoms in total. The molecule has 9 aromatic carbocycles. The highest BCUT2D eigenvalue weighted by atomic mass is 32.1. The van der Waals surface area contributed by atoms with Gasteiger partial charge in [0.2, 0.25) is 0 Å². The fourth-order valence-electron chi connectivity index (χ4n) is 8.03. The molecule has 0 amide bonds. The number of fused-ring (bicyclic) bond motifs is 12. The molecule has 50 heavy (non-hydrogen) atoms. The summed E-state index contributed by atoms with van der Waals surface area (Å²) in [5, 5.41) is 13.1. The van der Waals surface area contributed by atoms with E-state index >= 15 is 0 Å². The van der Waals surface area contributed by atoms with Gasteiger partial charge in [-0.15, -0.1) is 22.7 Å². The summed E-state index contributed by atoms with van der Waals surface area (Å²) in [6.45, 7) is 0. The molecule has 0 atom stereocenters. The minimum Gasteiger partial charge on any atom is -0.135 e. The van der Waals surface area contributed by atoms with Gasteiger partial charge in [-0.25, -0.2) is 0 Å². The molecule has 0 saturated carbocycles. The van der Waals surface area contributed by atoms with Crippen molar-refractivity contribution < 1.29 is 0 Å². The largest absolute Gasteiger partial charge is 0.135 e. The lowest BCUT2D eigenvalue weighted by Gasteiger charge is -2.14. The molecule has 2 heterocycles. The highest BCUT2D eigenvalue weighted by Gasteiger charge is 2.14. The molecule has 0 bridgehead atoms. The SMILES string of the molecule is c1ccc2c(c1)sc1cc(-c3cc(-c4ccc5c(c4)sc4ccccc45)cc(-c4ccc5c6ccccc6c6ccccc6c5c4)c3)ccc12. The van der Waals surface area contributed by atoms with Crippen molar-refractivity contribution in [1.29, 1.82) is 0 Å². The van der Waals surface area contributed by atoms with E-state index in [9.17, 15) is 0 Å². The van der Waals surface area contributed by atoms with E-state index in [2.05, 4.69) is 170 Å². The Morgan fingerprint density at radius 1 is 0.200 bits per heavy atom. The smallest absolute Gasteiger partial charge is 0.0361 e. The Labute approximate surface area is 297 Å². The first-order valence-electron chi connectivity index (χ1n) is 17.1. The Kier molecular flexibility index (Phi) is 6.09. The maximum absolute atomic E-state index is 2.41. The van der Waals surface area contributed by atoms with E-state index in [1.165, 1.54) is 106 Å². The average Bonchev–Trinajstić information content (AvgIpc) is 3.75. The first kappa shape index (κ1) is 28.1. The van der Waals surface area contributed by atoms with Crippen LogP contribution in [-0.4, -0.2) is 0 Å². The summed E-state index contributed by atoms with van der Waals surface area (Å²) in [7, 11) is 0. The third kappa shape index (κ3) is 4.29. The standard InChI is InChI=1S/C48H28S2/c1-2-11-37-35(9-1)36-10-3-4-12-38(36)44-26-29(17-20-39(37)44)32-23-33(30-18-21-42-40-13-5-7-15-45(40)49-47(42)27-30)25-34(24-32)31-19-22-43-41-14-6-8-16-46(41)50-48(43)28-31/h1-28H. The third-order valence-corrected chi connectivity index (χ3v) is 12.7. The Morgan fingerprint density at radius 2 is 0.520 bits per heavy atom. The van der Waals surface area contributed by atoms with E-state index < -0.39 is 0 Å². The maximum Gasteiger partial charge on any atom is 0.0361 e. The van der Waals surface area contributed by atoms with Crippen LogP contribution >= 0.6 is 22.7 Å². The average molecular weight is 669 g/mol. The van der Waals surface area contributed by atoms with Crippen molar-refractivity contribution in [1.82, 2.24) is 0 Å². The molecule has 232 valence electrons. The second-order valence-electron chi connectivity index (χ2n) is 13.3. The van der Waals surface area contributed by atoms with Crippen molar-refractivity contribution in [3.05, 3.63) is 170 Å². The van der Waals surface area contributed by atoms with Crippen LogP contribution in [0.1, 0.15) is 0 Å². The van der Waals surface area contributed by atoms with E-state index in [0.717, 1.165) is 0 Å². The van der Waals surface area contributed by atoms with Crippen LogP contribution in [0.15, 0.2) is 170 Å². The summed E-state index contributed by atoms with van der Waals surface area (Å²) in [4.78, 5) is 0. The molecule has 0 fully saturated rings. The Bertz CT molecular complexity index is 2990. The van der Waals surface area contributed by atoms with Gasteiger partial charge in [0, 0.05) is 40.3 Å². The monoisotopic (exact) mass is 668 g/mol. The molecule has 0 aliphatic heterocycles. The van der Waals surface area contributed by atoms with Gasteiger partial charge in [-0.1, -0.05) is 121 Å². The molecular formula is C48H28S2. The number of benzene rings is 9. The van der Waals surface area contributed by atoms with E-state index in [1.807, 2.05) is 22.7 Å². The molecule has 11 aromatic rings. The molecule has 0 aliphatic rings. The van der Waals surface area contributed by atoms with Gasteiger partial charge in [-0.3, -0.25) is 0 Å². The zero-order chi connectivity index (χ0) is 32.8. The van der Waals surface area contributed by atoms with Crippen molar-refractivity contribution in [3.8, 4) is 33.4 Å². The number of thiophene rings is 2. The van der Waals surface area contributed by atoms with E-state index in [-0.39, 0.29) is 0 Å². The van der Waals surface area contributed by atoms with Gasteiger partial charge in [0.05, 0.1) is 0 Å². The van der Waals surface area contributed by atoms with Gasteiger partial charge >= 0.3 is 0 Å². The van der Waals surface area contributed by atoms with Gasteiger partial charge in [0.25, 0.3) is 0 Å². The minimum absolute atomic E-state index is 1.23. The minimum atomic E-state index is 1.23. The number of hydrogen-bond acceptors (Lipinski definition) is 2. The second-order valence-corrected chi connectivity index (χ2v) is 15.4. The summed E-state index contributed by atoms with van der Waals surface area (Å²) in [5.74, 6) is 0. The van der Waals surface area contributed by atoms with Crippen LogP contribution in [0.3, 0.4) is 0 Å². The second kappa shape index (κ2) is 10.9. The predicted molar refractivity (Wildman–Crippen MR) is 221 cm³/mol. The molecule has 0 unspecified atom stereocenters. The number of hydrogen-bond donors (Lipinski definition) is 0. The van der Waals surface area contributed by atoms with E-state index in [1.54, 1.807) is 0 Å². The van der Waals surface area contributed by atoms with Crippen LogP contribution in [0.2, 0.25) is 0 Å². The molecule has 0 spiro atoms. The zero-order valence-corrected chi connectivity index (χ0v) is 28.6. The van der Waals surface area contributed by atoms with E-state index in [0.29, 0.717) is 0 Å². The van der Waals surface area contributed by atoms with Crippen molar-refractivity contribution in [2.45, 2.75) is 0 Å². The first-order valence-corrected chi connectivity index (χ1v) is 18.7. The summed E-state index contributed by atoms with van der Waals surface area (Å²) in [6.07, 6.45) is 0. The van der Waals surface area contributed by atoms with Gasteiger partial charge in [-0.2, -0.15) is 0 Å². The third-order valence-electron chi connectivity index (χ3n) is 10.4. The highest BCUT2D eigenvalue weighted by Crippen LogP contribution is 2.42. The Hall–Kier alpha value is -5.80. The lowest BCUT2D eigenvalue weighted by molar-refractivity contribution is 1.60. The molecule has 0 N–H and O–H groups in total. The zero-order valence-electron chi connectivity index (χ0n) is 27.0. The molecule has 2 aromatic heterocycles. The highest BCUT2D eigenvalue weighted by molar-refractivity contribution is 7.26. The van der Waals surface area contributed by atoms with Crippen molar-refractivity contribution in [2.24, 2.45) is 0 Å². The first-order chi connectivity index (χ1) is 24.7. The maximum atomic E-state index is 2.41. The van der Waals surface area contributed by atoms with Crippen LogP contribution in [0.5, 0.6) is 0 Å². The molecule has 2 heteroatoms.